The van der Waals surface area contributed by atoms with Crippen LogP contribution in [0.5, 0.6) is 0 Å². The molecule has 416 valence electrons. The molecule has 1 atom stereocenters. The van der Waals surface area contributed by atoms with Gasteiger partial charge in [0.1, 0.15) is 6.61 Å². The van der Waals surface area contributed by atoms with Gasteiger partial charge >= 0.3 is 11.9 Å². The molecular formula is C67H118O5. The highest BCUT2D eigenvalue weighted by atomic mass is 16.6. The fourth-order valence-corrected chi connectivity index (χ4v) is 9.08. The first-order valence-corrected chi connectivity index (χ1v) is 31.1. The molecule has 0 heterocycles. The second-order valence-electron chi connectivity index (χ2n) is 20.8. The van der Waals surface area contributed by atoms with Crippen molar-refractivity contribution < 1.29 is 24.2 Å². The summed E-state index contributed by atoms with van der Waals surface area (Å²) in [7, 11) is 0. The Labute approximate surface area is 447 Å². The highest BCUT2D eigenvalue weighted by Crippen LogP contribution is 2.18. The molecule has 0 saturated carbocycles. The maximum atomic E-state index is 12.3. The van der Waals surface area contributed by atoms with Crippen LogP contribution in [0.25, 0.3) is 0 Å². The average Bonchev–Trinajstić information content (AvgIpc) is 3.38. The van der Waals surface area contributed by atoms with Crippen molar-refractivity contribution >= 4 is 11.9 Å². The van der Waals surface area contributed by atoms with Gasteiger partial charge in [-0.2, -0.15) is 0 Å². The van der Waals surface area contributed by atoms with E-state index in [9.17, 15) is 14.7 Å². The van der Waals surface area contributed by atoms with Crippen LogP contribution >= 0.6 is 0 Å². The Hall–Kier alpha value is -2.92. The molecule has 0 saturated heterocycles. The van der Waals surface area contributed by atoms with E-state index in [1.807, 2.05) is 0 Å². The first-order chi connectivity index (χ1) is 35.6. The molecule has 0 spiro atoms. The highest BCUT2D eigenvalue weighted by molar-refractivity contribution is 5.70. The average molecular weight is 1000 g/mol. The largest absolute Gasteiger partial charge is 0.462 e. The van der Waals surface area contributed by atoms with Gasteiger partial charge in [-0.15, -0.1) is 0 Å². The fourth-order valence-electron chi connectivity index (χ4n) is 9.08. The Morgan fingerprint density at radius 3 is 0.889 bits per heavy atom. The number of aliphatic hydroxyl groups is 1. The molecule has 1 unspecified atom stereocenters. The van der Waals surface area contributed by atoms with E-state index in [0.717, 1.165) is 70.6 Å². The number of ether oxygens (including phenoxy) is 2. The van der Waals surface area contributed by atoms with Crippen molar-refractivity contribution in [3.63, 3.8) is 0 Å². The lowest BCUT2D eigenvalue weighted by Gasteiger charge is -2.15. The van der Waals surface area contributed by atoms with Crippen molar-refractivity contribution in [2.45, 2.75) is 315 Å². The predicted molar refractivity (Wildman–Crippen MR) is 316 cm³/mol. The summed E-state index contributed by atoms with van der Waals surface area (Å²) >= 11 is 0. The maximum absolute atomic E-state index is 12.3. The van der Waals surface area contributed by atoms with E-state index in [1.165, 1.54) is 205 Å². The third-order valence-corrected chi connectivity index (χ3v) is 13.7. The van der Waals surface area contributed by atoms with Crippen LogP contribution in [-0.4, -0.2) is 36.4 Å². The topological polar surface area (TPSA) is 72.8 Å². The molecule has 72 heavy (non-hydrogen) atoms. The van der Waals surface area contributed by atoms with Crippen molar-refractivity contribution in [2.75, 3.05) is 13.2 Å². The summed E-state index contributed by atoms with van der Waals surface area (Å²) in [6.07, 6.45) is 87.5. The van der Waals surface area contributed by atoms with Crippen LogP contribution in [0, 0.1) is 0 Å². The fraction of sp³-hybridized carbons (Fsp3) is 0.761. The number of aliphatic hydroxyl groups excluding tert-OH is 1. The molecular weight excluding hydrogens is 885 g/mol. The van der Waals surface area contributed by atoms with Crippen molar-refractivity contribution in [1.82, 2.24) is 0 Å². The SMILES string of the molecule is CC/C=C\C/C=C\C/C=C\C/C=C\C/C=C\C/C=C\C/C=C\CCCC(=O)OC(CO)COC(=O)CCCCCCCCCCCCCCCCCCCCCCCCCCCCCCCCCCCCC. The molecule has 0 rings (SSSR count). The van der Waals surface area contributed by atoms with Crippen LogP contribution in [0.4, 0.5) is 0 Å². The van der Waals surface area contributed by atoms with Crippen LogP contribution < -0.4 is 0 Å². The number of hydrogen-bond acceptors (Lipinski definition) is 5. The van der Waals surface area contributed by atoms with Crippen LogP contribution in [0.2, 0.25) is 0 Å². The quantitative estimate of drug-likeness (QED) is 0.0373. The Morgan fingerprint density at radius 1 is 0.333 bits per heavy atom. The molecule has 0 aromatic rings. The van der Waals surface area contributed by atoms with E-state index in [2.05, 4.69) is 98.9 Å². The van der Waals surface area contributed by atoms with Gasteiger partial charge in [-0.1, -0.05) is 317 Å². The van der Waals surface area contributed by atoms with E-state index in [1.54, 1.807) is 0 Å². The molecule has 5 heteroatoms. The van der Waals surface area contributed by atoms with Crippen molar-refractivity contribution in [2.24, 2.45) is 0 Å². The molecule has 0 radical (unpaired) electrons. The summed E-state index contributed by atoms with van der Waals surface area (Å²) in [5.74, 6) is -0.653. The normalized spacial score (nSPS) is 12.8. The summed E-state index contributed by atoms with van der Waals surface area (Å²) in [6, 6.07) is 0. The van der Waals surface area contributed by atoms with Gasteiger partial charge in [0.15, 0.2) is 6.10 Å². The molecule has 0 bridgehead atoms. The summed E-state index contributed by atoms with van der Waals surface area (Å²) in [5, 5.41) is 9.65. The summed E-state index contributed by atoms with van der Waals surface area (Å²) in [4.78, 5) is 24.5. The zero-order chi connectivity index (χ0) is 52.0. The van der Waals surface area contributed by atoms with Crippen LogP contribution in [-0.2, 0) is 19.1 Å². The van der Waals surface area contributed by atoms with Gasteiger partial charge in [0.05, 0.1) is 6.61 Å². The molecule has 0 aromatic heterocycles. The maximum Gasteiger partial charge on any atom is 0.306 e. The number of esters is 2. The predicted octanol–water partition coefficient (Wildman–Crippen LogP) is 21.3. The van der Waals surface area contributed by atoms with Gasteiger partial charge in [-0.05, 0) is 64.2 Å². The molecule has 0 aliphatic carbocycles. The number of unbranched alkanes of at least 4 members (excludes halogenated alkanes) is 35. The second kappa shape index (κ2) is 62.4. The van der Waals surface area contributed by atoms with Crippen molar-refractivity contribution in [3.05, 3.63) is 85.1 Å². The Balaban J connectivity index is 3.48. The highest BCUT2D eigenvalue weighted by Gasteiger charge is 2.16. The van der Waals surface area contributed by atoms with Crippen molar-refractivity contribution in [3.8, 4) is 0 Å². The van der Waals surface area contributed by atoms with E-state index in [-0.39, 0.29) is 31.6 Å². The second-order valence-corrected chi connectivity index (χ2v) is 20.8. The Bertz CT molecular complexity index is 1320. The first-order valence-electron chi connectivity index (χ1n) is 31.1. The monoisotopic (exact) mass is 1000 g/mol. The number of carbonyl (C=O) groups excluding carboxylic acids is 2. The minimum absolute atomic E-state index is 0.0907. The minimum atomic E-state index is -0.807. The lowest BCUT2D eigenvalue weighted by molar-refractivity contribution is -0.161. The molecule has 0 aromatic carbocycles. The minimum Gasteiger partial charge on any atom is -0.462 e. The van der Waals surface area contributed by atoms with Gasteiger partial charge in [0.25, 0.3) is 0 Å². The third kappa shape index (κ3) is 59.6. The molecule has 0 aliphatic rings. The number of hydrogen-bond donors (Lipinski definition) is 1. The molecule has 5 nitrogen and oxygen atoms in total. The van der Waals surface area contributed by atoms with Gasteiger partial charge in [0.2, 0.25) is 0 Å². The molecule has 0 amide bonds. The number of allylic oxidation sites excluding steroid dienone is 14. The lowest BCUT2D eigenvalue weighted by atomic mass is 10.0. The van der Waals surface area contributed by atoms with E-state index in [0.29, 0.717) is 12.8 Å². The zero-order valence-electron chi connectivity index (χ0n) is 47.7. The zero-order valence-corrected chi connectivity index (χ0v) is 47.7. The lowest BCUT2D eigenvalue weighted by Crippen LogP contribution is -2.28. The van der Waals surface area contributed by atoms with Gasteiger partial charge in [-0.3, -0.25) is 9.59 Å². The van der Waals surface area contributed by atoms with E-state index >= 15 is 0 Å². The van der Waals surface area contributed by atoms with E-state index < -0.39 is 6.10 Å². The summed E-state index contributed by atoms with van der Waals surface area (Å²) in [6.45, 7) is 4.01. The van der Waals surface area contributed by atoms with Crippen molar-refractivity contribution in [1.29, 1.82) is 0 Å². The molecule has 0 aliphatic heterocycles. The molecule has 1 N–H and O–H groups in total. The van der Waals surface area contributed by atoms with Gasteiger partial charge in [-0.25, -0.2) is 0 Å². The third-order valence-electron chi connectivity index (χ3n) is 13.7. The number of carbonyl (C=O) groups is 2. The Morgan fingerprint density at radius 2 is 0.597 bits per heavy atom. The first kappa shape index (κ1) is 69.1. The standard InChI is InChI=1S/C67H118O5/c1-3-5-7-9-11-13-15-17-19-21-23-25-27-28-29-30-31-32-33-34-35-36-37-38-40-41-43-45-47-49-51-53-55-57-59-61-66(69)71-64-65(63-68)72-67(70)62-60-58-56-54-52-50-48-46-44-42-39-26-24-22-20-18-16-14-12-10-8-6-4-2/h6,8,12,14,18,20,24,26,42,44,48,50,54,56,65,68H,3-5,7,9-11,13,15-17,19,21-23,25,27-41,43,45-47,49,51-53,55,57-64H2,1-2H3/b8-6-,14-12-,20-18-,26-24-,44-42-,50-48-,56-54-. The number of rotatable bonds is 57. The molecule has 0 fully saturated rings. The van der Waals surface area contributed by atoms with E-state index in [4.69, 9.17) is 9.47 Å². The van der Waals surface area contributed by atoms with Crippen LogP contribution in [0.1, 0.15) is 309 Å². The Kier molecular flexibility index (Phi) is 59.8. The van der Waals surface area contributed by atoms with Gasteiger partial charge in [0, 0.05) is 12.8 Å². The van der Waals surface area contributed by atoms with Crippen LogP contribution in [0.3, 0.4) is 0 Å². The van der Waals surface area contributed by atoms with Gasteiger partial charge < -0.3 is 14.6 Å². The smallest absolute Gasteiger partial charge is 0.306 e. The summed E-state index contributed by atoms with van der Waals surface area (Å²) < 4.78 is 10.7. The van der Waals surface area contributed by atoms with Crippen LogP contribution in [0.15, 0.2) is 85.1 Å². The summed E-state index contributed by atoms with van der Waals surface area (Å²) in [5.41, 5.74) is 0.